The van der Waals surface area contributed by atoms with Crippen LogP contribution in [0, 0.1) is 12.8 Å². The Morgan fingerprint density at radius 1 is 1.17 bits per heavy atom. The summed E-state index contributed by atoms with van der Waals surface area (Å²) >= 11 is 7.79. The molecule has 4 rings (SSSR count). The Kier molecular flexibility index (Phi) is 7.44. The fraction of sp³-hybridized carbons (Fsp3) is 0.292. The number of hydrogen-bond donors (Lipinski definition) is 2. The first-order valence-electron chi connectivity index (χ1n) is 11.0. The van der Waals surface area contributed by atoms with Gasteiger partial charge >= 0.3 is 0 Å². The van der Waals surface area contributed by atoms with E-state index in [0.29, 0.717) is 21.5 Å². The Balaban J connectivity index is 1.52. The zero-order chi connectivity index (χ0) is 25.2. The lowest BCUT2D eigenvalue weighted by molar-refractivity contribution is -0.124. The summed E-state index contributed by atoms with van der Waals surface area (Å²) < 4.78 is 23.7. The van der Waals surface area contributed by atoms with Crippen LogP contribution in [0.1, 0.15) is 18.4 Å². The number of nitrogens with zero attached hydrogens (tertiary/aromatic N) is 2. The van der Waals surface area contributed by atoms with Gasteiger partial charge in [0.25, 0.3) is 0 Å². The Morgan fingerprint density at radius 3 is 2.46 bits per heavy atom. The first kappa shape index (κ1) is 25.2. The van der Waals surface area contributed by atoms with Crippen molar-refractivity contribution in [2.75, 3.05) is 34.0 Å². The molecule has 0 atom stereocenters. The molecule has 1 aliphatic rings. The highest BCUT2D eigenvalue weighted by Gasteiger charge is 2.34. The van der Waals surface area contributed by atoms with Gasteiger partial charge in [0.05, 0.1) is 27.9 Å². The molecule has 0 radical (unpaired) electrons. The standard InChI is InChI=1S/C24H25ClN4O4S2/c1-15-3-2-4-19(25)22(15)29(23(31)17-9-11-35(32,33)12-10-17)13-21(30)27-18-7-5-16(6-8-18)20-14-34-24(26)28-20/h2-8,14,17H,9-13H2,1H3,(H2,26,28)(H,27,30). The van der Waals surface area contributed by atoms with E-state index in [1.807, 2.05) is 30.5 Å². The number of nitrogen functional groups attached to an aromatic ring is 1. The molecular formula is C24H25ClN4O4S2. The van der Waals surface area contributed by atoms with Crippen LogP contribution >= 0.6 is 22.9 Å². The summed E-state index contributed by atoms with van der Waals surface area (Å²) in [5, 5.41) is 5.51. The van der Waals surface area contributed by atoms with Gasteiger partial charge in [0.15, 0.2) is 5.13 Å². The monoisotopic (exact) mass is 532 g/mol. The largest absolute Gasteiger partial charge is 0.375 e. The molecule has 2 aromatic carbocycles. The molecule has 35 heavy (non-hydrogen) atoms. The van der Waals surface area contributed by atoms with E-state index < -0.39 is 21.7 Å². The van der Waals surface area contributed by atoms with Gasteiger partial charge in [-0.2, -0.15) is 0 Å². The average Bonchev–Trinajstić information content (AvgIpc) is 3.24. The molecule has 2 heterocycles. The number of carbonyl (C=O) groups is 2. The first-order chi connectivity index (χ1) is 16.6. The zero-order valence-electron chi connectivity index (χ0n) is 19.0. The number of benzene rings is 2. The normalized spacial score (nSPS) is 15.5. The Morgan fingerprint density at radius 2 is 1.86 bits per heavy atom. The Hall–Kier alpha value is -2.95. The van der Waals surface area contributed by atoms with Crippen molar-refractivity contribution in [1.29, 1.82) is 0 Å². The average molecular weight is 533 g/mol. The fourth-order valence-corrected chi connectivity index (χ4v) is 6.47. The molecule has 8 nitrogen and oxygen atoms in total. The van der Waals surface area contributed by atoms with E-state index in [4.69, 9.17) is 17.3 Å². The molecule has 0 saturated carbocycles. The quantitative estimate of drug-likeness (QED) is 0.491. The molecule has 11 heteroatoms. The summed E-state index contributed by atoms with van der Waals surface area (Å²) in [4.78, 5) is 32.1. The second-order valence-electron chi connectivity index (χ2n) is 8.45. The van der Waals surface area contributed by atoms with Crippen molar-refractivity contribution in [3.8, 4) is 11.3 Å². The van der Waals surface area contributed by atoms with Gasteiger partial charge in [-0.3, -0.25) is 9.59 Å². The van der Waals surface area contributed by atoms with Gasteiger partial charge in [0, 0.05) is 22.5 Å². The van der Waals surface area contributed by atoms with Crippen molar-refractivity contribution in [1.82, 2.24) is 4.98 Å². The van der Waals surface area contributed by atoms with E-state index in [-0.39, 0.29) is 36.8 Å². The maximum absolute atomic E-state index is 13.5. The van der Waals surface area contributed by atoms with Gasteiger partial charge in [0.1, 0.15) is 16.4 Å². The molecule has 1 aromatic heterocycles. The molecule has 0 aliphatic carbocycles. The van der Waals surface area contributed by atoms with Gasteiger partial charge in [-0.15, -0.1) is 11.3 Å². The summed E-state index contributed by atoms with van der Waals surface area (Å²) in [6.07, 6.45) is 0.455. The summed E-state index contributed by atoms with van der Waals surface area (Å²) in [5.74, 6) is -1.27. The third-order valence-electron chi connectivity index (χ3n) is 5.92. The molecule has 1 aliphatic heterocycles. The number of nitrogens with one attached hydrogen (secondary N) is 1. The molecule has 0 unspecified atom stereocenters. The summed E-state index contributed by atoms with van der Waals surface area (Å²) in [5.41, 5.74) is 9.09. The van der Waals surface area contributed by atoms with E-state index in [9.17, 15) is 18.0 Å². The second kappa shape index (κ2) is 10.3. The molecule has 1 fully saturated rings. The summed E-state index contributed by atoms with van der Waals surface area (Å²) in [6.45, 7) is 1.56. The van der Waals surface area contributed by atoms with Crippen LogP contribution in [0.15, 0.2) is 47.8 Å². The SMILES string of the molecule is Cc1cccc(Cl)c1N(CC(=O)Nc1ccc(-c2csc(N)n2)cc1)C(=O)C1CCS(=O)(=O)CC1. The maximum Gasteiger partial charge on any atom is 0.244 e. The van der Waals surface area contributed by atoms with Crippen molar-refractivity contribution in [2.45, 2.75) is 19.8 Å². The van der Waals surface area contributed by atoms with E-state index in [1.54, 1.807) is 24.3 Å². The minimum Gasteiger partial charge on any atom is -0.375 e. The van der Waals surface area contributed by atoms with Crippen molar-refractivity contribution >= 4 is 61.1 Å². The molecular weight excluding hydrogens is 508 g/mol. The van der Waals surface area contributed by atoms with Crippen molar-refractivity contribution < 1.29 is 18.0 Å². The number of halogens is 1. The number of hydrogen-bond acceptors (Lipinski definition) is 7. The number of rotatable bonds is 6. The molecule has 3 N–H and O–H groups in total. The molecule has 1 saturated heterocycles. The summed E-state index contributed by atoms with van der Waals surface area (Å²) in [6, 6.07) is 12.4. The second-order valence-corrected chi connectivity index (χ2v) is 12.1. The number of aromatic nitrogens is 1. The van der Waals surface area contributed by atoms with Gasteiger partial charge in [-0.05, 0) is 43.5 Å². The van der Waals surface area contributed by atoms with Crippen LogP contribution < -0.4 is 16.0 Å². The number of sulfone groups is 1. The lowest BCUT2D eigenvalue weighted by atomic mass is 10.00. The van der Waals surface area contributed by atoms with E-state index in [1.165, 1.54) is 16.2 Å². The molecule has 2 amide bonds. The van der Waals surface area contributed by atoms with E-state index in [0.717, 1.165) is 16.8 Å². The van der Waals surface area contributed by atoms with E-state index in [2.05, 4.69) is 10.3 Å². The third kappa shape index (κ3) is 6.01. The van der Waals surface area contributed by atoms with Crippen molar-refractivity contribution in [3.63, 3.8) is 0 Å². The van der Waals surface area contributed by atoms with Crippen LogP contribution in [-0.2, 0) is 19.4 Å². The van der Waals surface area contributed by atoms with Crippen molar-refractivity contribution in [2.24, 2.45) is 5.92 Å². The number of aryl methyl sites for hydroxylation is 1. The van der Waals surface area contributed by atoms with Crippen LogP contribution in [0.4, 0.5) is 16.5 Å². The Labute approximate surface area is 213 Å². The number of para-hydroxylation sites is 1. The first-order valence-corrected chi connectivity index (χ1v) is 14.1. The van der Waals surface area contributed by atoms with Crippen LogP contribution in [0.5, 0.6) is 0 Å². The summed E-state index contributed by atoms with van der Waals surface area (Å²) in [7, 11) is -3.13. The van der Waals surface area contributed by atoms with Gasteiger partial charge in [0.2, 0.25) is 11.8 Å². The van der Waals surface area contributed by atoms with E-state index >= 15 is 0 Å². The van der Waals surface area contributed by atoms with Crippen LogP contribution in [0.2, 0.25) is 5.02 Å². The predicted octanol–water partition coefficient (Wildman–Crippen LogP) is 4.15. The minimum atomic E-state index is -3.13. The molecule has 0 spiro atoms. The zero-order valence-corrected chi connectivity index (χ0v) is 21.4. The minimum absolute atomic E-state index is 0.0397. The highest BCUT2D eigenvalue weighted by molar-refractivity contribution is 7.91. The molecule has 184 valence electrons. The van der Waals surface area contributed by atoms with Gasteiger partial charge in [-0.25, -0.2) is 13.4 Å². The van der Waals surface area contributed by atoms with Crippen LogP contribution in [0.3, 0.4) is 0 Å². The number of thiazole rings is 1. The number of anilines is 3. The molecule has 0 bridgehead atoms. The smallest absolute Gasteiger partial charge is 0.244 e. The van der Waals surface area contributed by atoms with Gasteiger partial charge < -0.3 is 16.0 Å². The highest BCUT2D eigenvalue weighted by Crippen LogP contribution is 2.32. The van der Waals surface area contributed by atoms with Crippen molar-refractivity contribution in [3.05, 3.63) is 58.4 Å². The van der Waals surface area contributed by atoms with Gasteiger partial charge in [-0.1, -0.05) is 35.9 Å². The topological polar surface area (TPSA) is 122 Å². The van der Waals surface area contributed by atoms with Crippen LogP contribution in [0.25, 0.3) is 11.3 Å². The number of carbonyl (C=O) groups excluding carboxylic acids is 2. The number of amides is 2. The number of nitrogens with two attached hydrogens (primary N) is 1. The highest BCUT2D eigenvalue weighted by atomic mass is 35.5. The Bertz CT molecular complexity index is 1320. The van der Waals surface area contributed by atoms with Crippen LogP contribution in [-0.4, -0.2) is 43.3 Å². The maximum atomic E-state index is 13.5. The lowest BCUT2D eigenvalue weighted by Gasteiger charge is -2.30. The fourth-order valence-electron chi connectivity index (χ4n) is 4.08. The lowest BCUT2D eigenvalue weighted by Crippen LogP contribution is -2.44. The molecule has 3 aromatic rings. The third-order valence-corrected chi connectivity index (χ3v) is 8.61. The predicted molar refractivity (Wildman–Crippen MR) is 141 cm³/mol.